The number of ether oxygens (including phenoxy) is 1. The molecule has 140 valence electrons. The zero-order valence-electron chi connectivity index (χ0n) is 15.5. The van der Waals surface area contributed by atoms with Gasteiger partial charge in [-0.3, -0.25) is 15.0 Å². The molecule has 1 heterocycles. The normalized spacial score (nSPS) is 15.4. The molecule has 2 aromatic carbocycles. The van der Waals surface area contributed by atoms with Gasteiger partial charge in [-0.05, 0) is 73.4 Å². The molecule has 1 N–H and O–H groups in total. The van der Waals surface area contributed by atoms with Gasteiger partial charge in [-0.1, -0.05) is 13.0 Å². The van der Waals surface area contributed by atoms with Gasteiger partial charge in [0.1, 0.15) is 17.1 Å². The summed E-state index contributed by atoms with van der Waals surface area (Å²) in [6, 6.07) is 9.02. The van der Waals surface area contributed by atoms with Crippen LogP contribution in [0.4, 0.5) is 10.1 Å². The van der Waals surface area contributed by atoms with Crippen LogP contribution in [0.2, 0.25) is 0 Å². The largest absolute Gasteiger partial charge is 0.493 e. The summed E-state index contributed by atoms with van der Waals surface area (Å²) in [4.78, 5) is 25.0. The molecule has 0 saturated carbocycles. The fraction of sp³-hybridized carbons (Fsp3) is 0.238. The summed E-state index contributed by atoms with van der Waals surface area (Å²) in [5, 5.41) is 1.12. The van der Waals surface area contributed by atoms with Crippen molar-refractivity contribution in [1.29, 1.82) is 0 Å². The summed E-state index contributed by atoms with van der Waals surface area (Å²) >= 11 is 0. The molecule has 3 rings (SSSR count). The highest BCUT2D eigenvalue weighted by Gasteiger charge is 2.34. The topological polar surface area (TPSA) is 58.6 Å². The summed E-state index contributed by atoms with van der Waals surface area (Å²) < 4.78 is 18.8. The third kappa shape index (κ3) is 3.69. The Balaban J connectivity index is 1.90. The molecular weight excluding hydrogens is 347 g/mol. The average molecular weight is 368 g/mol. The molecule has 1 fully saturated rings. The summed E-state index contributed by atoms with van der Waals surface area (Å²) in [5.41, 5.74) is 5.63. The van der Waals surface area contributed by atoms with Crippen molar-refractivity contribution in [3.05, 3.63) is 64.5 Å². The fourth-order valence-electron chi connectivity index (χ4n) is 2.83. The highest BCUT2D eigenvalue weighted by atomic mass is 19.1. The number of hydrazine groups is 1. The van der Waals surface area contributed by atoms with E-state index in [0.29, 0.717) is 12.3 Å². The first-order valence-corrected chi connectivity index (χ1v) is 8.78. The maximum Gasteiger partial charge on any atom is 0.282 e. The third-order valence-electron chi connectivity index (χ3n) is 4.52. The van der Waals surface area contributed by atoms with E-state index in [0.717, 1.165) is 33.9 Å². The molecule has 1 aliphatic rings. The molecule has 2 aromatic rings. The minimum Gasteiger partial charge on any atom is -0.493 e. The van der Waals surface area contributed by atoms with Gasteiger partial charge in [0.05, 0.1) is 12.3 Å². The number of amides is 2. The minimum atomic E-state index is -0.493. The Morgan fingerprint density at radius 1 is 1.07 bits per heavy atom. The number of anilines is 1. The third-order valence-corrected chi connectivity index (χ3v) is 4.52. The second kappa shape index (κ2) is 7.61. The number of hydrogen-bond donors (Lipinski definition) is 1. The number of hydrogen-bond acceptors (Lipinski definition) is 3. The van der Waals surface area contributed by atoms with Crippen LogP contribution in [0.3, 0.4) is 0 Å². The Morgan fingerprint density at radius 2 is 1.78 bits per heavy atom. The molecule has 0 radical (unpaired) electrons. The summed E-state index contributed by atoms with van der Waals surface area (Å²) in [6.07, 6.45) is 2.49. The number of carbonyl (C=O) groups is 2. The van der Waals surface area contributed by atoms with Crippen LogP contribution >= 0.6 is 0 Å². The maximum atomic E-state index is 13.1. The Kier molecular flexibility index (Phi) is 5.26. The van der Waals surface area contributed by atoms with E-state index in [-0.39, 0.29) is 5.57 Å². The smallest absolute Gasteiger partial charge is 0.282 e. The second-order valence-corrected chi connectivity index (χ2v) is 6.37. The van der Waals surface area contributed by atoms with Crippen LogP contribution in [-0.2, 0) is 9.59 Å². The van der Waals surface area contributed by atoms with E-state index in [1.165, 1.54) is 24.3 Å². The van der Waals surface area contributed by atoms with Crippen molar-refractivity contribution in [3.8, 4) is 5.75 Å². The number of nitrogens with one attached hydrogen (secondary N) is 1. The van der Waals surface area contributed by atoms with Gasteiger partial charge >= 0.3 is 0 Å². The van der Waals surface area contributed by atoms with E-state index >= 15 is 0 Å². The molecule has 2 amide bonds. The molecule has 0 bridgehead atoms. The summed E-state index contributed by atoms with van der Waals surface area (Å²) in [5.74, 6) is -0.585. The van der Waals surface area contributed by atoms with Crippen LogP contribution in [0.1, 0.15) is 30.0 Å². The van der Waals surface area contributed by atoms with Gasteiger partial charge < -0.3 is 4.74 Å². The first kappa shape index (κ1) is 18.6. The number of nitrogens with zero attached hydrogens (tertiary/aromatic N) is 1. The van der Waals surface area contributed by atoms with Crippen molar-refractivity contribution < 1.29 is 18.7 Å². The van der Waals surface area contributed by atoms with Gasteiger partial charge in [0.25, 0.3) is 11.8 Å². The molecule has 0 aromatic heterocycles. The average Bonchev–Trinajstić information content (AvgIpc) is 2.93. The molecule has 5 nitrogen and oxygen atoms in total. The van der Waals surface area contributed by atoms with Gasteiger partial charge in [0.15, 0.2) is 0 Å². The van der Waals surface area contributed by atoms with Gasteiger partial charge in [0.2, 0.25) is 0 Å². The molecule has 27 heavy (non-hydrogen) atoms. The van der Waals surface area contributed by atoms with Crippen LogP contribution in [0.15, 0.2) is 42.0 Å². The highest BCUT2D eigenvalue weighted by molar-refractivity contribution is 6.31. The summed E-state index contributed by atoms with van der Waals surface area (Å²) in [7, 11) is 0. The standard InChI is InChI=1S/C21H21FN2O3/c1-4-11-27-19-10-5-15(13(2)14(19)3)12-18-20(25)23-24(21(18)26)17-8-6-16(22)7-9-17/h5-10,12H,4,11H2,1-3H3,(H,23,25)/b18-12-. The Morgan fingerprint density at radius 3 is 2.44 bits per heavy atom. The number of benzene rings is 2. The van der Waals surface area contributed by atoms with Gasteiger partial charge in [-0.2, -0.15) is 0 Å². The lowest BCUT2D eigenvalue weighted by Gasteiger charge is -2.14. The molecule has 1 saturated heterocycles. The lowest BCUT2D eigenvalue weighted by molar-refractivity contribution is -0.117. The van der Waals surface area contributed by atoms with Crippen molar-refractivity contribution in [1.82, 2.24) is 5.43 Å². The van der Waals surface area contributed by atoms with E-state index in [4.69, 9.17) is 4.74 Å². The molecular formula is C21H21FN2O3. The Bertz CT molecular complexity index is 920. The summed E-state index contributed by atoms with van der Waals surface area (Å²) in [6.45, 7) is 6.55. The lowest BCUT2D eigenvalue weighted by atomic mass is 10.00. The quantitative estimate of drug-likeness (QED) is 0.647. The van der Waals surface area contributed by atoms with Gasteiger partial charge in [0, 0.05) is 0 Å². The fourth-order valence-corrected chi connectivity index (χ4v) is 2.83. The molecule has 6 heteroatoms. The predicted molar refractivity (Wildman–Crippen MR) is 102 cm³/mol. The Hall–Kier alpha value is -3.15. The van der Waals surface area contributed by atoms with Crippen LogP contribution in [0.5, 0.6) is 5.75 Å². The molecule has 0 atom stereocenters. The minimum absolute atomic E-state index is 0.0315. The van der Waals surface area contributed by atoms with Gasteiger partial charge in [-0.15, -0.1) is 0 Å². The number of carbonyl (C=O) groups excluding carboxylic acids is 2. The van der Waals surface area contributed by atoms with E-state index < -0.39 is 17.6 Å². The van der Waals surface area contributed by atoms with Crippen LogP contribution in [0.25, 0.3) is 6.08 Å². The number of rotatable bonds is 5. The predicted octanol–water partition coefficient (Wildman–Crippen LogP) is 3.69. The van der Waals surface area contributed by atoms with Crippen LogP contribution in [0, 0.1) is 19.7 Å². The zero-order chi connectivity index (χ0) is 19.6. The van der Waals surface area contributed by atoms with Gasteiger partial charge in [-0.25, -0.2) is 9.40 Å². The zero-order valence-corrected chi connectivity index (χ0v) is 15.5. The molecule has 0 spiro atoms. The molecule has 1 aliphatic heterocycles. The maximum absolute atomic E-state index is 13.1. The molecule has 0 aliphatic carbocycles. The van der Waals surface area contributed by atoms with E-state index in [1.807, 2.05) is 32.9 Å². The lowest BCUT2D eigenvalue weighted by Crippen LogP contribution is -2.35. The van der Waals surface area contributed by atoms with E-state index in [1.54, 1.807) is 6.08 Å². The molecule has 0 unspecified atom stereocenters. The van der Waals surface area contributed by atoms with Crippen LogP contribution < -0.4 is 15.2 Å². The van der Waals surface area contributed by atoms with Crippen LogP contribution in [-0.4, -0.2) is 18.4 Å². The van der Waals surface area contributed by atoms with Crippen molar-refractivity contribution in [2.75, 3.05) is 11.6 Å². The van der Waals surface area contributed by atoms with Crippen molar-refractivity contribution in [2.45, 2.75) is 27.2 Å². The Labute approximate surface area is 157 Å². The van der Waals surface area contributed by atoms with Crippen molar-refractivity contribution >= 4 is 23.6 Å². The van der Waals surface area contributed by atoms with E-state index in [9.17, 15) is 14.0 Å². The SMILES string of the molecule is CCCOc1ccc(/C=C2/C(=O)NN(c3ccc(F)cc3)C2=O)c(C)c1C. The second-order valence-electron chi connectivity index (χ2n) is 6.37. The first-order valence-electron chi connectivity index (χ1n) is 8.78. The first-order chi connectivity index (χ1) is 12.9. The monoisotopic (exact) mass is 368 g/mol. The highest BCUT2D eigenvalue weighted by Crippen LogP contribution is 2.28. The van der Waals surface area contributed by atoms with Crippen molar-refractivity contribution in [3.63, 3.8) is 0 Å². The van der Waals surface area contributed by atoms with E-state index in [2.05, 4.69) is 5.43 Å². The number of halogens is 1. The van der Waals surface area contributed by atoms with Crippen molar-refractivity contribution in [2.24, 2.45) is 0 Å².